The van der Waals surface area contributed by atoms with E-state index < -0.39 is 0 Å². The summed E-state index contributed by atoms with van der Waals surface area (Å²) in [5.41, 5.74) is 0. The van der Waals surface area contributed by atoms with E-state index in [2.05, 4.69) is 42.7 Å². The SMILES string of the molecule is CNC(Cc1cc(Br)cs1)c1ncc[nH]1. The molecule has 3 nitrogen and oxygen atoms in total. The van der Waals surface area contributed by atoms with E-state index in [-0.39, 0.29) is 6.04 Å². The fraction of sp³-hybridized carbons (Fsp3) is 0.300. The number of halogens is 1. The molecule has 1 atom stereocenters. The Morgan fingerprint density at radius 3 is 3.07 bits per heavy atom. The molecule has 2 aromatic heterocycles. The van der Waals surface area contributed by atoms with Gasteiger partial charge in [-0.15, -0.1) is 11.3 Å². The van der Waals surface area contributed by atoms with Crippen LogP contribution in [-0.2, 0) is 6.42 Å². The van der Waals surface area contributed by atoms with E-state index in [9.17, 15) is 0 Å². The molecular weight excluding hydrogens is 274 g/mol. The highest BCUT2D eigenvalue weighted by Crippen LogP contribution is 2.24. The molecule has 15 heavy (non-hydrogen) atoms. The standard InChI is InChI=1S/C10H12BrN3S/c1-12-9(10-13-2-3-14-10)5-8-4-7(11)6-15-8/h2-4,6,9,12H,5H2,1H3,(H,13,14). The van der Waals surface area contributed by atoms with Crippen molar-refractivity contribution >= 4 is 27.3 Å². The molecule has 2 heterocycles. The Labute approximate surface area is 101 Å². The minimum absolute atomic E-state index is 0.255. The Morgan fingerprint density at radius 1 is 1.67 bits per heavy atom. The van der Waals surface area contributed by atoms with Crippen LogP contribution in [-0.4, -0.2) is 17.0 Å². The molecular formula is C10H12BrN3S. The van der Waals surface area contributed by atoms with Crippen molar-refractivity contribution in [2.45, 2.75) is 12.5 Å². The number of aromatic nitrogens is 2. The molecule has 80 valence electrons. The lowest BCUT2D eigenvalue weighted by molar-refractivity contribution is 0.567. The number of hydrogen-bond acceptors (Lipinski definition) is 3. The lowest BCUT2D eigenvalue weighted by atomic mass is 10.2. The van der Waals surface area contributed by atoms with Crippen LogP contribution >= 0.6 is 27.3 Å². The highest BCUT2D eigenvalue weighted by molar-refractivity contribution is 9.10. The molecule has 2 N–H and O–H groups in total. The first kappa shape index (κ1) is 10.9. The molecule has 0 spiro atoms. The Kier molecular flexibility index (Phi) is 3.56. The second kappa shape index (κ2) is 4.92. The summed E-state index contributed by atoms with van der Waals surface area (Å²) in [6.45, 7) is 0. The van der Waals surface area contributed by atoms with Crippen molar-refractivity contribution in [3.63, 3.8) is 0 Å². The van der Waals surface area contributed by atoms with Crippen LogP contribution in [0.25, 0.3) is 0 Å². The topological polar surface area (TPSA) is 40.7 Å². The predicted molar refractivity (Wildman–Crippen MR) is 66.1 cm³/mol. The Balaban J connectivity index is 2.09. The van der Waals surface area contributed by atoms with Crippen molar-refractivity contribution in [3.05, 3.63) is 39.0 Å². The molecule has 5 heteroatoms. The van der Waals surface area contributed by atoms with Crippen LogP contribution in [0.15, 0.2) is 28.3 Å². The fourth-order valence-corrected chi connectivity index (χ4v) is 2.96. The number of nitrogens with zero attached hydrogens (tertiary/aromatic N) is 1. The molecule has 0 aliphatic carbocycles. The van der Waals surface area contributed by atoms with Gasteiger partial charge >= 0.3 is 0 Å². The largest absolute Gasteiger partial charge is 0.347 e. The maximum Gasteiger partial charge on any atom is 0.123 e. The number of likely N-dealkylation sites (N-methyl/N-ethyl adjacent to an activating group) is 1. The zero-order valence-corrected chi connectivity index (χ0v) is 10.7. The number of imidazole rings is 1. The predicted octanol–water partition coefficient (Wildman–Crippen LogP) is 2.74. The number of rotatable bonds is 4. The molecule has 0 fully saturated rings. The highest BCUT2D eigenvalue weighted by atomic mass is 79.9. The lowest BCUT2D eigenvalue weighted by Crippen LogP contribution is -2.19. The molecule has 0 amide bonds. The third-order valence-corrected chi connectivity index (χ3v) is 3.94. The van der Waals surface area contributed by atoms with Gasteiger partial charge in [-0.2, -0.15) is 0 Å². The summed E-state index contributed by atoms with van der Waals surface area (Å²) >= 11 is 5.22. The van der Waals surface area contributed by atoms with Gasteiger partial charge in [0.15, 0.2) is 0 Å². The van der Waals surface area contributed by atoms with Gasteiger partial charge in [-0.1, -0.05) is 0 Å². The second-order valence-electron chi connectivity index (χ2n) is 3.25. The summed E-state index contributed by atoms with van der Waals surface area (Å²) in [5.74, 6) is 0.988. The summed E-state index contributed by atoms with van der Waals surface area (Å²) in [7, 11) is 1.95. The monoisotopic (exact) mass is 285 g/mol. The van der Waals surface area contributed by atoms with Crippen LogP contribution in [0, 0.1) is 0 Å². The zero-order valence-electron chi connectivity index (χ0n) is 8.33. The molecule has 0 bridgehead atoms. The quantitative estimate of drug-likeness (QED) is 0.907. The van der Waals surface area contributed by atoms with Crippen molar-refractivity contribution in [3.8, 4) is 0 Å². The van der Waals surface area contributed by atoms with Gasteiger partial charge in [-0.3, -0.25) is 0 Å². The van der Waals surface area contributed by atoms with Crippen LogP contribution in [0.5, 0.6) is 0 Å². The van der Waals surface area contributed by atoms with Gasteiger partial charge in [0.25, 0.3) is 0 Å². The van der Waals surface area contributed by atoms with Crippen molar-refractivity contribution < 1.29 is 0 Å². The lowest BCUT2D eigenvalue weighted by Gasteiger charge is -2.11. The normalized spacial score (nSPS) is 12.9. The van der Waals surface area contributed by atoms with Crippen LogP contribution in [0.3, 0.4) is 0 Å². The first-order valence-electron chi connectivity index (χ1n) is 4.69. The first-order chi connectivity index (χ1) is 7.29. The number of hydrogen-bond donors (Lipinski definition) is 2. The van der Waals surface area contributed by atoms with Crippen LogP contribution < -0.4 is 5.32 Å². The number of thiophene rings is 1. The highest BCUT2D eigenvalue weighted by Gasteiger charge is 2.13. The van der Waals surface area contributed by atoms with E-state index in [1.165, 1.54) is 4.88 Å². The van der Waals surface area contributed by atoms with Crippen LogP contribution in [0.2, 0.25) is 0 Å². The Hall–Kier alpha value is -0.650. The third-order valence-electron chi connectivity index (χ3n) is 2.22. The van der Waals surface area contributed by atoms with E-state index in [1.807, 2.05) is 13.2 Å². The number of H-pyrrole nitrogens is 1. The molecule has 0 saturated heterocycles. The summed E-state index contributed by atoms with van der Waals surface area (Å²) in [4.78, 5) is 8.74. The van der Waals surface area contributed by atoms with Gasteiger partial charge in [0.1, 0.15) is 5.82 Å². The Bertz CT molecular complexity index is 410. The molecule has 0 aliphatic heterocycles. The average Bonchev–Trinajstić information content (AvgIpc) is 2.85. The minimum atomic E-state index is 0.255. The summed E-state index contributed by atoms with van der Waals surface area (Å²) in [6, 6.07) is 2.41. The number of aromatic amines is 1. The summed E-state index contributed by atoms with van der Waals surface area (Å²) in [6.07, 6.45) is 4.59. The van der Waals surface area contributed by atoms with Gasteiger partial charge in [0.05, 0.1) is 6.04 Å². The third kappa shape index (κ3) is 2.68. The maximum atomic E-state index is 4.27. The number of nitrogens with one attached hydrogen (secondary N) is 2. The molecule has 2 rings (SSSR count). The molecule has 1 unspecified atom stereocenters. The van der Waals surface area contributed by atoms with Crippen LogP contribution in [0.4, 0.5) is 0 Å². The molecule has 0 aromatic carbocycles. The van der Waals surface area contributed by atoms with E-state index in [0.29, 0.717) is 0 Å². The van der Waals surface area contributed by atoms with Crippen molar-refractivity contribution in [2.24, 2.45) is 0 Å². The van der Waals surface area contributed by atoms with E-state index >= 15 is 0 Å². The molecule has 0 saturated carbocycles. The van der Waals surface area contributed by atoms with Gasteiger partial charge in [0.2, 0.25) is 0 Å². The Morgan fingerprint density at radius 2 is 2.53 bits per heavy atom. The molecule has 0 radical (unpaired) electrons. The van der Waals surface area contributed by atoms with Gasteiger partial charge in [-0.25, -0.2) is 4.98 Å². The smallest absolute Gasteiger partial charge is 0.123 e. The summed E-state index contributed by atoms with van der Waals surface area (Å²) in [5, 5.41) is 5.36. The minimum Gasteiger partial charge on any atom is -0.347 e. The van der Waals surface area contributed by atoms with Gasteiger partial charge in [0, 0.05) is 33.5 Å². The van der Waals surface area contributed by atoms with Crippen molar-refractivity contribution in [1.82, 2.24) is 15.3 Å². The van der Waals surface area contributed by atoms with Gasteiger partial charge in [-0.05, 0) is 29.0 Å². The maximum absolute atomic E-state index is 4.27. The first-order valence-corrected chi connectivity index (χ1v) is 6.36. The van der Waals surface area contributed by atoms with Crippen LogP contribution in [0.1, 0.15) is 16.7 Å². The van der Waals surface area contributed by atoms with E-state index in [0.717, 1.165) is 16.7 Å². The van der Waals surface area contributed by atoms with E-state index in [1.54, 1.807) is 17.5 Å². The second-order valence-corrected chi connectivity index (χ2v) is 5.16. The zero-order chi connectivity index (χ0) is 10.7. The van der Waals surface area contributed by atoms with Crippen molar-refractivity contribution in [2.75, 3.05) is 7.05 Å². The molecule has 2 aromatic rings. The van der Waals surface area contributed by atoms with Gasteiger partial charge < -0.3 is 10.3 Å². The average molecular weight is 286 g/mol. The summed E-state index contributed by atoms with van der Waals surface area (Å²) < 4.78 is 1.15. The van der Waals surface area contributed by atoms with Crippen molar-refractivity contribution in [1.29, 1.82) is 0 Å². The fourth-order valence-electron chi connectivity index (χ4n) is 1.47. The van der Waals surface area contributed by atoms with E-state index in [4.69, 9.17) is 0 Å². The molecule has 0 aliphatic rings.